The van der Waals surface area contributed by atoms with Gasteiger partial charge >= 0.3 is 0 Å². The third-order valence-electron chi connectivity index (χ3n) is 4.76. The Labute approximate surface area is 143 Å². The maximum atomic E-state index is 12.2. The Morgan fingerprint density at radius 3 is 2.50 bits per heavy atom. The van der Waals surface area contributed by atoms with Crippen LogP contribution < -0.4 is 15.1 Å². The number of anilines is 1. The number of hydrogen-bond donors (Lipinski definition) is 2. The molecule has 24 heavy (non-hydrogen) atoms. The van der Waals surface area contributed by atoms with E-state index in [-0.39, 0.29) is 11.9 Å². The average molecular weight is 328 g/mol. The molecule has 0 saturated carbocycles. The summed E-state index contributed by atoms with van der Waals surface area (Å²) in [6.07, 6.45) is 4.04. The summed E-state index contributed by atoms with van der Waals surface area (Å²) in [4.78, 5) is 15.8. The standard InChI is InChI=1S/C19H25N3O2/c1-21(2)16-9-7-15(8-10-16)17(22-11-3-4-12-22)14-20-19(23)18-6-5-13-24-18/h5-10,13,17H,3-4,11-12,14H2,1-2H3,(H,20,23)/p+1/t17-/m1/s1. The molecule has 5 nitrogen and oxygen atoms in total. The van der Waals surface area contributed by atoms with Gasteiger partial charge in [0.25, 0.3) is 5.91 Å². The molecule has 1 aliphatic heterocycles. The highest BCUT2D eigenvalue weighted by molar-refractivity contribution is 5.91. The SMILES string of the molecule is CN(C)c1ccc([C@@H](CNC(=O)c2ccco2)[NH+]2CCCC2)cc1. The van der Waals surface area contributed by atoms with E-state index < -0.39 is 0 Å². The van der Waals surface area contributed by atoms with Crippen LogP contribution in [0.1, 0.15) is 35.0 Å². The van der Waals surface area contributed by atoms with Crippen LogP contribution in [0.5, 0.6) is 0 Å². The van der Waals surface area contributed by atoms with Crippen LogP contribution in [0.2, 0.25) is 0 Å². The number of benzene rings is 1. The molecule has 1 amide bonds. The molecule has 1 saturated heterocycles. The van der Waals surface area contributed by atoms with E-state index >= 15 is 0 Å². The Morgan fingerprint density at radius 1 is 1.21 bits per heavy atom. The van der Waals surface area contributed by atoms with Gasteiger partial charge in [0.1, 0.15) is 6.04 Å². The lowest BCUT2D eigenvalue weighted by molar-refractivity contribution is -0.918. The smallest absolute Gasteiger partial charge is 0.287 e. The van der Waals surface area contributed by atoms with Gasteiger partial charge in [-0.15, -0.1) is 0 Å². The first-order valence-electron chi connectivity index (χ1n) is 8.58. The van der Waals surface area contributed by atoms with Crippen LogP contribution in [0.4, 0.5) is 5.69 Å². The molecule has 1 aromatic carbocycles. The Balaban J connectivity index is 1.72. The Bertz CT molecular complexity index is 644. The molecule has 3 rings (SSSR count). The van der Waals surface area contributed by atoms with Crippen molar-refractivity contribution < 1.29 is 14.1 Å². The number of furan rings is 1. The normalized spacial score (nSPS) is 16.1. The first-order valence-corrected chi connectivity index (χ1v) is 8.58. The van der Waals surface area contributed by atoms with Gasteiger partial charge in [0, 0.05) is 38.2 Å². The van der Waals surface area contributed by atoms with E-state index in [4.69, 9.17) is 4.42 Å². The molecule has 0 unspecified atom stereocenters. The van der Waals surface area contributed by atoms with Gasteiger partial charge in [-0.05, 0) is 24.3 Å². The van der Waals surface area contributed by atoms with E-state index in [0.717, 1.165) is 13.1 Å². The predicted octanol–water partition coefficient (Wildman–Crippen LogP) is 1.50. The molecular weight excluding hydrogens is 302 g/mol. The van der Waals surface area contributed by atoms with E-state index in [9.17, 15) is 4.79 Å². The fourth-order valence-corrected chi connectivity index (χ4v) is 3.37. The zero-order valence-corrected chi connectivity index (χ0v) is 14.4. The fraction of sp³-hybridized carbons (Fsp3) is 0.421. The second kappa shape index (κ2) is 7.53. The maximum absolute atomic E-state index is 12.2. The molecule has 5 heteroatoms. The molecule has 2 N–H and O–H groups in total. The van der Waals surface area contributed by atoms with Crippen LogP contribution in [0.3, 0.4) is 0 Å². The van der Waals surface area contributed by atoms with Crippen LogP contribution in [0.15, 0.2) is 47.1 Å². The van der Waals surface area contributed by atoms with Crippen molar-refractivity contribution in [3.63, 3.8) is 0 Å². The van der Waals surface area contributed by atoms with Gasteiger partial charge < -0.3 is 19.5 Å². The van der Waals surface area contributed by atoms with Crippen molar-refractivity contribution in [1.29, 1.82) is 0 Å². The van der Waals surface area contributed by atoms with Gasteiger partial charge in [0.2, 0.25) is 0 Å². The fourth-order valence-electron chi connectivity index (χ4n) is 3.37. The number of amides is 1. The topological polar surface area (TPSA) is 49.9 Å². The van der Waals surface area contributed by atoms with E-state index in [0.29, 0.717) is 12.3 Å². The minimum atomic E-state index is -0.145. The summed E-state index contributed by atoms with van der Waals surface area (Å²) in [5.41, 5.74) is 2.46. The second-order valence-electron chi connectivity index (χ2n) is 6.59. The van der Waals surface area contributed by atoms with Crippen molar-refractivity contribution in [1.82, 2.24) is 5.32 Å². The van der Waals surface area contributed by atoms with E-state index in [2.05, 4.69) is 34.5 Å². The van der Waals surface area contributed by atoms with Crippen molar-refractivity contribution in [3.05, 3.63) is 54.0 Å². The molecule has 0 bridgehead atoms. The molecule has 0 aliphatic carbocycles. The van der Waals surface area contributed by atoms with E-state index in [1.807, 2.05) is 14.1 Å². The lowest BCUT2D eigenvalue weighted by atomic mass is 10.0. The quantitative estimate of drug-likeness (QED) is 0.845. The van der Waals surface area contributed by atoms with Crippen molar-refractivity contribution in [3.8, 4) is 0 Å². The van der Waals surface area contributed by atoms with Crippen LogP contribution in [-0.2, 0) is 0 Å². The lowest BCUT2D eigenvalue weighted by Crippen LogP contribution is -3.11. The molecular formula is C19H26N3O2+. The summed E-state index contributed by atoms with van der Waals surface area (Å²) in [6, 6.07) is 12.4. The molecule has 0 spiro atoms. The Morgan fingerprint density at radius 2 is 1.92 bits per heavy atom. The zero-order valence-electron chi connectivity index (χ0n) is 14.4. The van der Waals surface area contributed by atoms with E-state index in [1.54, 1.807) is 17.0 Å². The summed E-state index contributed by atoms with van der Waals surface area (Å²) < 4.78 is 5.18. The third kappa shape index (κ3) is 3.79. The van der Waals surface area contributed by atoms with E-state index in [1.165, 1.54) is 30.4 Å². The molecule has 1 aliphatic rings. The summed E-state index contributed by atoms with van der Waals surface area (Å²) in [5.74, 6) is 0.224. The highest BCUT2D eigenvalue weighted by atomic mass is 16.3. The molecule has 2 aromatic rings. The Hall–Kier alpha value is -2.27. The van der Waals surface area contributed by atoms with Crippen LogP contribution >= 0.6 is 0 Å². The van der Waals surface area contributed by atoms with Gasteiger partial charge in [-0.25, -0.2) is 0 Å². The molecule has 1 fully saturated rings. The highest BCUT2D eigenvalue weighted by Gasteiger charge is 2.28. The van der Waals surface area contributed by atoms with Crippen LogP contribution in [0, 0.1) is 0 Å². The minimum absolute atomic E-state index is 0.145. The summed E-state index contributed by atoms with van der Waals surface area (Å²) >= 11 is 0. The number of quaternary nitrogens is 1. The highest BCUT2D eigenvalue weighted by Crippen LogP contribution is 2.17. The second-order valence-corrected chi connectivity index (χ2v) is 6.59. The van der Waals surface area contributed by atoms with Crippen molar-refractivity contribution >= 4 is 11.6 Å². The molecule has 1 atom stereocenters. The van der Waals surface area contributed by atoms with Gasteiger partial charge in [0.05, 0.1) is 25.9 Å². The lowest BCUT2D eigenvalue weighted by Gasteiger charge is -2.25. The number of likely N-dealkylation sites (tertiary alicyclic amines) is 1. The molecule has 0 radical (unpaired) electrons. The number of nitrogens with zero attached hydrogens (tertiary/aromatic N) is 1. The number of carbonyl (C=O) groups is 1. The summed E-state index contributed by atoms with van der Waals surface area (Å²) in [7, 11) is 4.09. The maximum Gasteiger partial charge on any atom is 0.287 e. The summed E-state index contributed by atoms with van der Waals surface area (Å²) in [6.45, 7) is 2.95. The monoisotopic (exact) mass is 328 g/mol. The average Bonchev–Trinajstić information content (AvgIpc) is 3.29. The molecule has 2 heterocycles. The van der Waals surface area contributed by atoms with Crippen LogP contribution in [-0.4, -0.2) is 39.6 Å². The van der Waals surface area contributed by atoms with Crippen molar-refractivity contribution in [2.24, 2.45) is 0 Å². The first kappa shape index (κ1) is 16.6. The van der Waals surface area contributed by atoms with Crippen LogP contribution in [0.25, 0.3) is 0 Å². The molecule has 1 aromatic heterocycles. The minimum Gasteiger partial charge on any atom is -0.459 e. The number of hydrogen-bond acceptors (Lipinski definition) is 3. The number of rotatable bonds is 6. The van der Waals surface area contributed by atoms with Gasteiger partial charge in [-0.2, -0.15) is 0 Å². The van der Waals surface area contributed by atoms with Crippen molar-refractivity contribution in [2.75, 3.05) is 38.6 Å². The van der Waals surface area contributed by atoms with Crippen molar-refractivity contribution in [2.45, 2.75) is 18.9 Å². The first-order chi connectivity index (χ1) is 11.6. The van der Waals surface area contributed by atoms with Gasteiger partial charge in [-0.3, -0.25) is 4.79 Å². The van der Waals surface area contributed by atoms with Gasteiger partial charge in [-0.1, -0.05) is 12.1 Å². The number of carbonyl (C=O) groups excluding carboxylic acids is 1. The Kier molecular flexibility index (Phi) is 5.20. The largest absolute Gasteiger partial charge is 0.459 e. The predicted molar refractivity (Wildman–Crippen MR) is 94.5 cm³/mol. The molecule has 128 valence electrons. The van der Waals surface area contributed by atoms with Gasteiger partial charge in [0.15, 0.2) is 5.76 Å². The summed E-state index contributed by atoms with van der Waals surface area (Å²) in [5, 5.41) is 3.03. The third-order valence-corrected chi connectivity index (χ3v) is 4.76. The zero-order chi connectivity index (χ0) is 16.9. The number of nitrogens with one attached hydrogen (secondary N) is 2.